The largest absolute Gasteiger partial charge is 0.346 e. The summed E-state index contributed by atoms with van der Waals surface area (Å²) in [5, 5.41) is 17.4. The number of hydrogen-bond donors (Lipinski definition) is 2. The molecule has 1 amide bonds. The fourth-order valence-corrected chi connectivity index (χ4v) is 1.63. The Morgan fingerprint density at radius 1 is 1.44 bits per heavy atom. The van der Waals surface area contributed by atoms with Crippen molar-refractivity contribution in [2.75, 3.05) is 0 Å². The van der Waals surface area contributed by atoms with Crippen LogP contribution in [-0.4, -0.2) is 26.3 Å². The van der Waals surface area contributed by atoms with Gasteiger partial charge in [0.15, 0.2) is 0 Å². The molecule has 2 heterocycles. The Balaban J connectivity index is 2.10. The second kappa shape index (κ2) is 5.39. The van der Waals surface area contributed by atoms with Gasteiger partial charge in [-0.3, -0.25) is 9.89 Å². The van der Waals surface area contributed by atoms with Crippen molar-refractivity contribution in [2.45, 2.75) is 26.8 Å². The van der Waals surface area contributed by atoms with Gasteiger partial charge in [0.25, 0.3) is 5.91 Å². The minimum atomic E-state index is -0.139. The third-order valence-corrected chi connectivity index (χ3v) is 2.57. The highest BCUT2D eigenvalue weighted by molar-refractivity contribution is 5.95. The quantitative estimate of drug-likeness (QED) is 0.841. The fraction of sp³-hybridized carbons (Fsp3) is 0.333. The molecule has 0 atom stereocenters. The van der Waals surface area contributed by atoms with E-state index in [1.807, 2.05) is 19.9 Å². The smallest absolute Gasteiger partial charge is 0.253 e. The van der Waals surface area contributed by atoms with E-state index in [9.17, 15) is 4.79 Å². The van der Waals surface area contributed by atoms with Crippen LogP contribution in [0, 0.1) is 6.92 Å². The van der Waals surface area contributed by atoms with Gasteiger partial charge in [-0.15, -0.1) is 0 Å². The number of amides is 1. The highest BCUT2D eigenvalue weighted by Crippen LogP contribution is 2.07. The summed E-state index contributed by atoms with van der Waals surface area (Å²) in [4.78, 5) is 12.1. The molecule has 0 saturated heterocycles. The Hall–Kier alpha value is -2.24. The standard InChI is InChI=1S/C12H15N5O/c1-3-11-10(6-8(2)15-17-11)12(18)13-7-9-4-5-14-16-9/h4-6H,3,7H2,1-2H3,(H,13,18)(H,14,16). The number of aryl methyl sites for hydroxylation is 2. The van der Waals surface area contributed by atoms with Crippen molar-refractivity contribution < 1.29 is 4.79 Å². The average molecular weight is 245 g/mol. The first-order chi connectivity index (χ1) is 8.70. The lowest BCUT2D eigenvalue weighted by Crippen LogP contribution is -2.25. The van der Waals surface area contributed by atoms with Gasteiger partial charge in [-0.2, -0.15) is 15.3 Å². The molecule has 0 fully saturated rings. The van der Waals surface area contributed by atoms with Crippen molar-refractivity contribution in [3.05, 3.63) is 41.0 Å². The molecule has 0 unspecified atom stereocenters. The van der Waals surface area contributed by atoms with E-state index in [4.69, 9.17) is 0 Å². The lowest BCUT2D eigenvalue weighted by Gasteiger charge is -2.07. The van der Waals surface area contributed by atoms with Crippen LogP contribution in [0.1, 0.15) is 34.4 Å². The first kappa shape index (κ1) is 12.2. The zero-order chi connectivity index (χ0) is 13.0. The number of nitrogens with zero attached hydrogens (tertiary/aromatic N) is 3. The van der Waals surface area contributed by atoms with Crippen LogP contribution < -0.4 is 5.32 Å². The number of carbonyl (C=O) groups excluding carboxylic acids is 1. The molecule has 94 valence electrons. The molecule has 0 aromatic carbocycles. The van der Waals surface area contributed by atoms with E-state index < -0.39 is 0 Å². The van der Waals surface area contributed by atoms with Crippen LogP contribution in [0.4, 0.5) is 0 Å². The molecule has 0 bridgehead atoms. The van der Waals surface area contributed by atoms with E-state index in [0.717, 1.165) is 11.4 Å². The molecular formula is C12H15N5O. The van der Waals surface area contributed by atoms with Gasteiger partial charge in [-0.25, -0.2) is 0 Å². The Kier molecular flexibility index (Phi) is 3.66. The number of hydrogen-bond acceptors (Lipinski definition) is 4. The Labute approximate surface area is 105 Å². The number of aromatic nitrogens is 4. The maximum Gasteiger partial charge on any atom is 0.253 e. The number of aromatic amines is 1. The van der Waals surface area contributed by atoms with Gasteiger partial charge in [-0.1, -0.05) is 6.92 Å². The highest BCUT2D eigenvalue weighted by atomic mass is 16.1. The van der Waals surface area contributed by atoms with Crippen LogP contribution in [0.2, 0.25) is 0 Å². The summed E-state index contributed by atoms with van der Waals surface area (Å²) in [6, 6.07) is 3.57. The summed E-state index contributed by atoms with van der Waals surface area (Å²) in [5.74, 6) is -0.139. The molecule has 0 spiro atoms. The lowest BCUT2D eigenvalue weighted by atomic mass is 10.1. The van der Waals surface area contributed by atoms with Crippen molar-refractivity contribution >= 4 is 5.91 Å². The van der Waals surface area contributed by atoms with E-state index >= 15 is 0 Å². The molecule has 6 heteroatoms. The molecule has 2 N–H and O–H groups in total. The highest BCUT2D eigenvalue weighted by Gasteiger charge is 2.12. The molecule has 0 radical (unpaired) electrons. The van der Waals surface area contributed by atoms with Gasteiger partial charge < -0.3 is 5.32 Å². The van der Waals surface area contributed by atoms with Crippen molar-refractivity contribution in [1.82, 2.24) is 25.7 Å². The van der Waals surface area contributed by atoms with Gasteiger partial charge >= 0.3 is 0 Å². The molecule has 6 nitrogen and oxygen atoms in total. The van der Waals surface area contributed by atoms with E-state index in [1.54, 1.807) is 12.3 Å². The summed E-state index contributed by atoms with van der Waals surface area (Å²) < 4.78 is 0. The van der Waals surface area contributed by atoms with Gasteiger partial charge in [0, 0.05) is 6.20 Å². The molecule has 2 rings (SSSR count). The van der Waals surface area contributed by atoms with Crippen LogP contribution in [0.25, 0.3) is 0 Å². The number of H-pyrrole nitrogens is 1. The number of carbonyl (C=O) groups is 1. The Bertz CT molecular complexity index is 535. The summed E-state index contributed by atoms with van der Waals surface area (Å²) >= 11 is 0. The first-order valence-corrected chi connectivity index (χ1v) is 5.80. The zero-order valence-electron chi connectivity index (χ0n) is 10.4. The van der Waals surface area contributed by atoms with Crippen molar-refractivity contribution in [3.63, 3.8) is 0 Å². The third kappa shape index (κ3) is 2.71. The minimum Gasteiger partial charge on any atom is -0.346 e. The topological polar surface area (TPSA) is 83.6 Å². The minimum absolute atomic E-state index is 0.139. The van der Waals surface area contributed by atoms with Crippen molar-refractivity contribution in [3.8, 4) is 0 Å². The van der Waals surface area contributed by atoms with Crippen molar-refractivity contribution in [2.24, 2.45) is 0 Å². The van der Waals surface area contributed by atoms with Gasteiger partial charge in [0.2, 0.25) is 0 Å². The number of nitrogens with one attached hydrogen (secondary N) is 2. The predicted molar refractivity (Wildman–Crippen MR) is 65.9 cm³/mol. The summed E-state index contributed by atoms with van der Waals surface area (Å²) in [6.45, 7) is 4.19. The van der Waals surface area contributed by atoms with E-state index in [0.29, 0.717) is 24.2 Å². The molecule has 0 aliphatic heterocycles. The van der Waals surface area contributed by atoms with Crippen LogP contribution in [0.5, 0.6) is 0 Å². The monoisotopic (exact) mass is 245 g/mol. The SMILES string of the molecule is CCc1nnc(C)cc1C(=O)NCc1ccn[nH]1. The second-order valence-electron chi connectivity index (χ2n) is 3.96. The average Bonchev–Trinajstić information content (AvgIpc) is 2.89. The van der Waals surface area contributed by atoms with Crippen LogP contribution in [0.15, 0.2) is 18.3 Å². The summed E-state index contributed by atoms with van der Waals surface area (Å²) in [5.41, 5.74) is 2.89. The van der Waals surface area contributed by atoms with Crippen LogP contribution in [-0.2, 0) is 13.0 Å². The molecule has 0 saturated carbocycles. The van der Waals surface area contributed by atoms with Gasteiger partial charge in [0.1, 0.15) is 0 Å². The first-order valence-electron chi connectivity index (χ1n) is 5.80. The predicted octanol–water partition coefficient (Wildman–Crippen LogP) is 1.00. The fourth-order valence-electron chi connectivity index (χ4n) is 1.63. The number of rotatable bonds is 4. The summed E-state index contributed by atoms with van der Waals surface area (Å²) in [6.07, 6.45) is 2.33. The zero-order valence-corrected chi connectivity index (χ0v) is 10.4. The molecule has 0 aliphatic rings. The Morgan fingerprint density at radius 2 is 2.28 bits per heavy atom. The lowest BCUT2D eigenvalue weighted by molar-refractivity contribution is 0.0948. The van der Waals surface area contributed by atoms with Crippen LogP contribution in [0.3, 0.4) is 0 Å². The van der Waals surface area contributed by atoms with E-state index in [1.165, 1.54) is 0 Å². The van der Waals surface area contributed by atoms with Gasteiger partial charge in [-0.05, 0) is 25.5 Å². The van der Waals surface area contributed by atoms with E-state index in [-0.39, 0.29) is 5.91 Å². The Morgan fingerprint density at radius 3 is 2.94 bits per heavy atom. The molecule has 0 aliphatic carbocycles. The maximum atomic E-state index is 12.1. The second-order valence-corrected chi connectivity index (χ2v) is 3.96. The molecular weight excluding hydrogens is 230 g/mol. The van der Waals surface area contributed by atoms with Crippen molar-refractivity contribution in [1.29, 1.82) is 0 Å². The molecule has 18 heavy (non-hydrogen) atoms. The maximum absolute atomic E-state index is 12.1. The third-order valence-electron chi connectivity index (χ3n) is 2.57. The van der Waals surface area contributed by atoms with Gasteiger partial charge in [0.05, 0.1) is 29.2 Å². The van der Waals surface area contributed by atoms with E-state index in [2.05, 4.69) is 25.7 Å². The molecule has 2 aromatic rings. The molecule has 2 aromatic heterocycles. The van der Waals surface area contributed by atoms with Crippen LogP contribution >= 0.6 is 0 Å². The normalized spacial score (nSPS) is 10.3. The summed E-state index contributed by atoms with van der Waals surface area (Å²) in [7, 11) is 0.